The number of nitrogens with one attached hydrogen (secondary N) is 1. The second-order valence-corrected chi connectivity index (χ2v) is 8.37. The van der Waals surface area contributed by atoms with Gasteiger partial charge in [-0.1, -0.05) is 0 Å². The topological polar surface area (TPSA) is 79.7 Å². The molecular formula is C25H18F5N3O3. The van der Waals surface area contributed by atoms with Gasteiger partial charge in [0.2, 0.25) is 0 Å². The van der Waals surface area contributed by atoms with E-state index in [1.165, 1.54) is 18.5 Å². The van der Waals surface area contributed by atoms with Gasteiger partial charge >= 0.3 is 0 Å². The standard InChI is InChI=1S/C25H18F5N3O3/c26-15-6-14(7-16(27)8-15)17-9-32-24-22(17)20(1-2-31-24)36-23-18(28)3-13(4-19(23)29)5-21-33-10-25(30,11-34)12-35-21/h1-4,6-9,34H,5,10-12H2,(H,31,32). The molecule has 0 aliphatic carbocycles. The van der Waals surface area contributed by atoms with Crippen LogP contribution in [0.25, 0.3) is 22.2 Å². The number of aromatic amines is 1. The maximum Gasteiger partial charge on any atom is 0.198 e. The highest BCUT2D eigenvalue weighted by atomic mass is 19.2. The molecule has 186 valence electrons. The average Bonchev–Trinajstić information content (AvgIpc) is 3.28. The molecule has 1 unspecified atom stereocenters. The number of halogens is 5. The summed E-state index contributed by atoms with van der Waals surface area (Å²) in [6.07, 6.45) is 2.72. The van der Waals surface area contributed by atoms with Crippen LogP contribution >= 0.6 is 0 Å². The van der Waals surface area contributed by atoms with E-state index in [0.717, 1.165) is 30.3 Å². The number of aliphatic hydroxyl groups is 1. The van der Waals surface area contributed by atoms with Crippen LogP contribution in [0.15, 0.2) is 53.8 Å². The Labute approximate surface area is 201 Å². The number of aromatic nitrogens is 2. The third-order valence-electron chi connectivity index (χ3n) is 5.65. The zero-order valence-corrected chi connectivity index (χ0v) is 18.5. The molecule has 0 radical (unpaired) electrons. The lowest BCUT2D eigenvalue weighted by atomic mass is 10.0. The van der Waals surface area contributed by atoms with Crippen molar-refractivity contribution in [3.63, 3.8) is 0 Å². The molecule has 4 aromatic rings. The Hall–Kier alpha value is -3.99. The molecule has 0 saturated heterocycles. The fourth-order valence-corrected chi connectivity index (χ4v) is 3.88. The Kier molecular flexibility index (Phi) is 6.09. The van der Waals surface area contributed by atoms with Crippen LogP contribution in [0.5, 0.6) is 11.5 Å². The van der Waals surface area contributed by atoms with Gasteiger partial charge in [0.15, 0.2) is 29.0 Å². The number of hydrogen-bond acceptors (Lipinski definition) is 5. The lowest BCUT2D eigenvalue weighted by molar-refractivity contribution is 0.0171. The minimum absolute atomic E-state index is 0.00903. The highest BCUT2D eigenvalue weighted by Gasteiger charge is 2.34. The van der Waals surface area contributed by atoms with Gasteiger partial charge in [-0.3, -0.25) is 4.99 Å². The van der Waals surface area contributed by atoms with E-state index >= 15 is 0 Å². The minimum atomic E-state index is -1.98. The second kappa shape index (κ2) is 9.23. The number of hydrogen-bond donors (Lipinski definition) is 2. The third-order valence-corrected chi connectivity index (χ3v) is 5.65. The fourth-order valence-electron chi connectivity index (χ4n) is 3.88. The molecule has 2 N–H and O–H groups in total. The lowest BCUT2D eigenvalue weighted by Gasteiger charge is -2.26. The van der Waals surface area contributed by atoms with E-state index in [1.54, 1.807) is 0 Å². The molecule has 0 fully saturated rings. The number of alkyl halides is 1. The third kappa shape index (κ3) is 4.61. The van der Waals surface area contributed by atoms with Gasteiger partial charge in [-0.05, 0) is 41.5 Å². The smallest absolute Gasteiger partial charge is 0.198 e. The van der Waals surface area contributed by atoms with Crippen LogP contribution in [0.4, 0.5) is 22.0 Å². The molecule has 6 nitrogen and oxygen atoms in total. The van der Waals surface area contributed by atoms with Crippen molar-refractivity contribution in [1.29, 1.82) is 0 Å². The van der Waals surface area contributed by atoms with E-state index in [1.807, 2.05) is 0 Å². The SMILES string of the molecule is OCC1(F)CN=C(Cc2cc(F)c(Oc3ccnc4[nH]cc(-c5cc(F)cc(F)c5)c34)c(F)c2)OC1. The van der Waals surface area contributed by atoms with E-state index < -0.39 is 47.9 Å². The van der Waals surface area contributed by atoms with Crippen molar-refractivity contribution in [1.82, 2.24) is 9.97 Å². The molecule has 0 spiro atoms. The summed E-state index contributed by atoms with van der Waals surface area (Å²) in [4.78, 5) is 10.9. The van der Waals surface area contributed by atoms with Crippen molar-refractivity contribution in [2.24, 2.45) is 4.99 Å². The highest BCUT2D eigenvalue weighted by Crippen LogP contribution is 2.38. The Morgan fingerprint density at radius 3 is 2.42 bits per heavy atom. The first kappa shape index (κ1) is 23.7. The normalized spacial score (nSPS) is 17.7. The quantitative estimate of drug-likeness (QED) is 0.353. The predicted octanol–water partition coefficient (Wildman–Crippen LogP) is 5.25. The van der Waals surface area contributed by atoms with Gasteiger partial charge in [-0.25, -0.2) is 26.9 Å². The Morgan fingerprint density at radius 1 is 1.06 bits per heavy atom. The Morgan fingerprint density at radius 2 is 1.78 bits per heavy atom. The Bertz CT molecular complexity index is 1450. The molecule has 1 atom stereocenters. The predicted molar refractivity (Wildman–Crippen MR) is 121 cm³/mol. The van der Waals surface area contributed by atoms with E-state index in [4.69, 9.17) is 14.6 Å². The zero-order valence-electron chi connectivity index (χ0n) is 18.5. The van der Waals surface area contributed by atoms with Crippen LogP contribution < -0.4 is 4.74 Å². The molecule has 5 rings (SSSR count). The number of pyridine rings is 1. The highest BCUT2D eigenvalue weighted by molar-refractivity contribution is 5.98. The number of nitrogens with zero attached hydrogens (tertiary/aromatic N) is 2. The number of aliphatic imine (C=N–C) groups is 1. The monoisotopic (exact) mass is 503 g/mol. The van der Waals surface area contributed by atoms with Crippen molar-refractivity contribution in [3.8, 4) is 22.6 Å². The maximum absolute atomic E-state index is 14.9. The lowest BCUT2D eigenvalue weighted by Crippen LogP contribution is -2.42. The van der Waals surface area contributed by atoms with Crippen molar-refractivity contribution in [3.05, 3.63) is 77.6 Å². The molecular weight excluding hydrogens is 485 g/mol. The summed E-state index contributed by atoms with van der Waals surface area (Å²) in [6, 6.07) is 6.39. The molecule has 2 aromatic carbocycles. The molecule has 2 aromatic heterocycles. The van der Waals surface area contributed by atoms with Crippen molar-refractivity contribution < 1.29 is 36.5 Å². The molecule has 1 aliphatic rings. The van der Waals surface area contributed by atoms with Gasteiger partial charge in [0, 0.05) is 30.4 Å². The molecule has 0 saturated carbocycles. The van der Waals surface area contributed by atoms with Gasteiger partial charge in [-0.15, -0.1) is 0 Å². The van der Waals surface area contributed by atoms with E-state index in [2.05, 4.69) is 15.0 Å². The van der Waals surface area contributed by atoms with Crippen molar-refractivity contribution in [2.75, 3.05) is 19.8 Å². The van der Waals surface area contributed by atoms with Gasteiger partial charge < -0.3 is 19.6 Å². The number of rotatable bonds is 6. The first-order chi connectivity index (χ1) is 17.2. The van der Waals surface area contributed by atoms with E-state index in [9.17, 15) is 22.0 Å². The molecule has 3 heterocycles. The van der Waals surface area contributed by atoms with Crippen molar-refractivity contribution >= 4 is 16.9 Å². The number of ether oxygens (including phenoxy) is 2. The summed E-state index contributed by atoms with van der Waals surface area (Å²) in [6.45, 7) is -1.49. The van der Waals surface area contributed by atoms with Crippen LogP contribution in [0.2, 0.25) is 0 Å². The summed E-state index contributed by atoms with van der Waals surface area (Å²) in [5.41, 5.74) is -1.03. The molecule has 0 bridgehead atoms. The number of aliphatic hydroxyl groups excluding tert-OH is 1. The second-order valence-electron chi connectivity index (χ2n) is 8.37. The first-order valence-corrected chi connectivity index (χ1v) is 10.8. The van der Waals surface area contributed by atoms with Crippen LogP contribution in [-0.4, -0.2) is 46.4 Å². The minimum Gasteiger partial charge on any atom is -0.477 e. The average molecular weight is 503 g/mol. The summed E-state index contributed by atoms with van der Waals surface area (Å²) in [5, 5.41) is 9.30. The van der Waals surface area contributed by atoms with Crippen LogP contribution in [0, 0.1) is 23.3 Å². The van der Waals surface area contributed by atoms with E-state index in [-0.39, 0.29) is 46.8 Å². The molecule has 36 heavy (non-hydrogen) atoms. The largest absolute Gasteiger partial charge is 0.477 e. The summed E-state index contributed by atoms with van der Waals surface area (Å²) >= 11 is 0. The van der Waals surface area contributed by atoms with Crippen LogP contribution in [-0.2, 0) is 11.2 Å². The number of benzene rings is 2. The Balaban J connectivity index is 1.45. The number of fused-ring (bicyclic) bond motifs is 1. The van der Waals surface area contributed by atoms with Crippen LogP contribution in [0.3, 0.4) is 0 Å². The van der Waals surface area contributed by atoms with Crippen molar-refractivity contribution in [2.45, 2.75) is 12.1 Å². The summed E-state index contributed by atoms with van der Waals surface area (Å²) in [7, 11) is 0. The van der Waals surface area contributed by atoms with Gasteiger partial charge in [0.05, 0.1) is 18.5 Å². The zero-order chi connectivity index (χ0) is 25.4. The van der Waals surface area contributed by atoms with Gasteiger partial charge in [0.25, 0.3) is 0 Å². The number of H-pyrrole nitrogens is 1. The van der Waals surface area contributed by atoms with Gasteiger partial charge in [0.1, 0.15) is 29.6 Å². The molecule has 1 aliphatic heterocycles. The summed E-state index contributed by atoms with van der Waals surface area (Å²) in [5.74, 6) is -4.23. The molecule has 11 heteroatoms. The molecule has 0 amide bonds. The van der Waals surface area contributed by atoms with E-state index in [0.29, 0.717) is 5.56 Å². The first-order valence-electron chi connectivity index (χ1n) is 10.8. The van der Waals surface area contributed by atoms with Crippen LogP contribution in [0.1, 0.15) is 5.56 Å². The summed E-state index contributed by atoms with van der Waals surface area (Å²) < 4.78 is 82.2. The maximum atomic E-state index is 14.9. The fraction of sp³-hybridized carbons (Fsp3) is 0.200. The van der Waals surface area contributed by atoms with Gasteiger partial charge in [-0.2, -0.15) is 0 Å².